The van der Waals surface area contributed by atoms with Crippen LogP contribution in [0.3, 0.4) is 0 Å². The third kappa shape index (κ3) is 3.27. The topological polar surface area (TPSA) is 114 Å². The van der Waals surface area contributed by atoms with Crippen molar-refractivity contribution in [2.75, 3.05) is 5.32 Å². The number of hydrogen-bond donors (Lipinski definition) is 3. The van der Waals surface area contributed by atoms with Crippen LogP contribution >= 0.6 is 0 Å². The van der Waals surface area contributed by atoms with Crippen LogP contribution in [0.1, 0.15) is 25.7 Å². The van der Waals surface area contributed by atoms with Crippen LogP contribution in [-0.2, 0) is 11.8 Å². The van der Waals surface area contributed by atoms with Gasteiger partial charge in [-0.2, -0.15) is 0 Å². The summed E-state index contributed by atoms with van der Waals surface area (Å²) in [7, 11) is 1.61. The summed E-state index contributed by atoms with van der Waals surface area (Å²) in [5.41, 5.74) is 1.58. The highest BCUT2D eigenvalue weighted by molar-refractivity contribution is 5.91. The van der Waals surface area contributed by atoms with Crippen LogP contribution in [0.2, 0.25) is 0 Å². The number of aromatic nitrogens is 1. The lowest BCUT2D eigenvalue weighted by atomic mass is 9.86. The summed E-state index contributed by atoms with van der Waals surface area (Å²) in [4.78, 5) is 34.5. The van der Waals surface area contributed by atoms with Crippen molar-refractivity contribution in [2.45, 2.75) is 31.7 Å². The Morgan fingerprint density at radius 2 is 1.96 bits per heavy atom. The number of hydrogen-bond acceptors (Lipinski definition) is 4. The standard InChI is InChI=1S/C16H19N3O5/c1-19-12-7-6-11(8-13(12)24-16(19)23)18-15(22)17-10-4-2-9(3-5-10)14(20)21/h6-10H,2-5H2,1H3,(H,20,21)(H2,17,18,22). The molecule has 0 spiro atoms. The molecule has 3 N–H and O–H groups in total. The van der Waals surface area contributed by atoms with Gasteiger partial charge in [0.25, 0.3) is 0 Å². The highest BCUT2D eigenvalue weighted by atomic mass is 16.4. The summed E-state index contributed by atoms with van der Waals surface area (Å²) in [6.45, 7) is 0. The van der Waals surface area contributed by atoms with Gasteiger partial charge < -0.3 is 20.2 Å². The number of rotatable bonds is 3. The van der Waals surface area contributed by atoms with Crippen molar-refractivity contribution in [3.05, 3.63) is 28.7 Å². The molecular formula is C16H19N3O5. The van der Waals surface area contributed by atoms with Crippen molar-refractivity contribution in [3.8, 4) is 0 Å². The van der Waals surface area contributed by atoms with E-state index in [0.29, 0.717) is 42.5 Å². The first-order valence-electron chi connectivity index (χ1n) is 7.84. The molecule has 2 aromatic rings. The maximum atomic E-state index is 12.1. The van der Waals surface area contributed by atoms with Crippen molar-refractivity contribution in [2.24, 2.45) is 13.0 Å². The number of carboxylic acids is 1. The first-order valence-corrected chi connectivity index (χ1v) is 7.84. The molecule has 0 radical (unpaired) electrons. The Balaban J connectivity index is 1.59. The minimum absolute atomic E-state index is 0.0287. The minimum atomic E-state index is -0.768. The van der Waals surface area contributed by atoms with E-state index in [4.69, 9.17) is 9.52 Å². The van der Waals surface area contributed by atoms with Crippen LogP contribution < -0.4 is 16.4 Å². The van der Waals surface area contributed by atoms with Gasteiger partial charge in [-0.05, 0) is 37.8 Å². The lowest BCUT2D eigenvalue weighted by molar-refractivity contribution is -0.142. The number of carbonyl (C=O) groups is 2. The number of anilines is 1. The van der Waals surface area contributed by atoms with E-state index in [1.165, 1.54) is 4.57 Å². The molecule has 0 bridgehead atoms. The largest absolute Gasteiger partial charge is 0.481 e. The molecule has 1 fully saturated rings. The molecule has 3 rings (SSSR count). The van der Waals surface area contributed by atoms with Gasteiger partial charge >= 0.3 is 17.8 Å². The van der Waals surface area contributed by atoms with Gasteiger partial charge in [0.2, 0.25) is 0 Å². The fourth-order valence-electron chi connectivity index (χ4n) is 3.05. The Morgan fingerprint density at radius 1 is 1.25 bits per heavy atom. The van der Waals surface area contributed by atoms with Crippen LogP contribution in [0.5, 0.6) is 0 Å². The lowest BCUT2D eigenvalue weighted by Gasteiger charge is -2.26. The summed E-state index contributed by atoms with van der Waals surface area (Å²) < 4.78 is 6.47. The number of nitrogens with zero attached hydrogens (tertiary/aromatic N) is 1. The van der Waals surface area contributed by atoms with Crippen molar-refractivity contribution < 1.29 is 19.1 Å². The van der Waals surface area contributed by atoms with E-state index in [2.05, 4.69) is 10.6 Å². The second-order valence-corrected chi connectivity index (χ2v) is 6.09. The fraction of sp³-hybridized carbons (Fsp3) is 0.438. The number of amides is 2. The first-order chi connectivity index (χ1) is 11.4. The molecular weight excluding hydrogens is 314 g/mol. The number of benzene rings is 1. The van der Waals surface area contributed by atoms with E-state index in [1.54, 1.807) is 25.2 Å². The van der Waals surface area contributed by atoms with E-state index >= 15 is 0 Å². The average molecular weight is 333 g/mol. The number of carboxylic acid groups (broad SMARTS) is 1. The van der Waals surface area contributed by atoms with Gasteiger partial charge in [-0.15, -0.1) is 0 Å². The first kappa shape index (κ1) is 16.1. The van der Waals surface area contributed by atoms with Crippen molar-refractivity contribution in [1.29, 1.82) is 0 Å². The summed E-state index contributed by atoms with van der Waals surface area (Å²) in [6.07, 6.45) is 2.44. The molecule has 2 amide bonds. The highest BCUT2D eigenvalue weighted by Gasteiger charge is 2.26. The maximum Gasteiger partial charge on any atom is 0.419 e. The van der Waals surface area contributed by atoms with Gasteiger partial charge in [0.1, 0.15) is 0 Å². The zero-order chi connectivity index (χ0) is 17.3. The Morgan fingerprint density at radius 3 is 2.62 bits per heavy atom. The fourth-order valence-corrected chi connectivity index (χ4v) is 3.05. The van der Waals surface area contributed by atoms with Gasteiger partial charge in [-0.1, -0.05) is 0 Å². The van der Waals surface area contributed by atoms with Crippen LogP contribution in [0, 0.1) is 5.92 Å². The molecule has 0 atom stereocenters. The van der Waals surface area contributed by atoms with E-state index in [-0.39, 0.29) is 18.0 Å². The van der Waals surface area contributed by atoms with Crippen molar-refractivity contribution in [3.63, 3.8) is 0 Å². The minimum Gasteiger partial charge on any atom is -0.481 e. The molecule has 8 heteroatoms. The molecule has 0 aliphatic heterocycles. The normalized spacial score (nSPS) is 20.7. The molecule has 8 nitrogen and oxygen atoms in total. The van der Waals surface area contributed by atoms with E-state index < -0.39 is 11.7 Å². The average Bonchev–Trinajstić information content (AvgIpc) is 2.82. The quantitative estimate of drug-likeness (QED) is 0.794. The molecule has 128 valence electrons. The number of oxazole rings is 1. The Kier molecular flexibility index (Phi) is 4.28. The summed E-state index contributed by atoms with van der Waals surface area (Å²) in [5, 5.41) is 14.5. The second kappa shape index (κ2) is 6.38. The monoisotopic (exact) mass is 333 g/mol. The molecule has 1 saturated carbocycles. The van der Waals surface area contributed by atoms with Crippen LogP contribution in [0.4, 0.5) is 10.5 Å². The number of aliphatic carboxylic acids is 1. The molecule has 1 aromatic heterocycles. The van der Waals surface area contributed by atoms with E-state index in [1.807, 2.05) is 0 Å². The molecule has 1 aliphatic carbocycles. The zero-order valence-corrected chi connectivity index (χ0v) is 13.2. The third-order valence-corrected chi connectivity index (χ3v) is 4.46. The smallest absolute Gasteiger partial charge is 0.419 e. The molecule has 0 unspecified atom stereocenters. The van der Waals surface area contributed by atoms with Crippen LogP contribution in [0.15, 0.2) is 27.4 Å². The van der Waals surface area contributed by atoms with Crippen LogP contribution in [-0.4, -0.2) is 27.7 Å². The Bertz CT molecular complexity index is 830. The Hall–Kier alpha value is -2.77. The molecule has 1 aliphatic rings. The predicted molar refractivity (Wildman–Crippen MR) is 87.0 cm³/mol. The number of aryl methyl sites for hydroxylation is 1. The van der Waals surface area contributed by atoms with Gasteiger partial charge in [0, 0.05) is 24.8 Å². The lowest BCUT2D eigenvalue weighted by Crippen LogP contribution is -2.40. The summed E-state index contributed by atoms with van der Waals surface area (Å²) in [5.74, 6) is -1.54. The van der Waals surface area contributed by atoms with Gasteiger partial charge in [0.05, 0.1) is 11.4 Å². The number of nitrogens with one attached hydrogen (secondary N) is 2. The third-order valence-electron chi connectivity index (χ3n) is 4.46. The zero-order valence-electron chi connectivity index (χ0n) is 13.2. The van der Waals surface area contributed by atoms with Crippen molar-refractivity contribution >= 4 is 28.8 Å². The molecule has 1 aromatic carbocycles. The van der Waals surface area contributed by atoms with Crippen LogP contribution in [0.25, 0.3) is 11.1 Å². The number of urea groups is 1. The molecule has 1 heterocycles. The Labute approximate surface area is 137 Å². The number of fused-ring (bicyclic) bond motifs is 1. The maximum absolute atomic E-state index is 12.1. The van der Waals surface area contributed by atoms with Gasteiger partial charge in [0.15, 0.2) is 5.58 Å². The SMILES string of the molecule is Cn1c(=O)oc2cc(NC(=O)NC3CCC(C(=O)O)CC3)ccc21. The van der Waals surface area contributed by atoms with Gasteiger partial charge in [-0.25, -0.2) is 9.59 Å². The number of carbonyl (C=O) groups excluding carboxylic acids is 1. The molecule has 24 heavy (non-hydrogen) atoms. The van der Waals surface area contributed by atoms with Gasteiger partial charge in [-0.3, -0.25) is 9.36 Å². The molecule has 0 saturated heterocycles. The summed E-state index contributed by atoms with van der Waals surface area (Å²) >= 11 is 0. The second-order valence-electron chi connectivity index (χ2n) is 6.09. The highest BCUT2D eigenvalue weighted by Crippen LogP contribution is 2.24. The predicted octanol–water partition coefficient (Wildman–Crippen LogP) is 1.90. The van der Waals surface area contributed by atoms with E-state index in [0.717, 1.165) is 0 Å². The van der Waals surface area contributed by atoms with Crippen molar-refractivity contribution in [1.82, 2.24) is 9.88 Å². The van der Waals surface area contributed by atoms with E-state index in [9.17, 15) is 14.4 Å². The summed E-state index contributed by atoms with van der Waals surface area (Å²) in [6, 6.07) is 4.61.